The third-order valence-corrected chi connectivity index (χ3v) is 2.42. The Hall–Kier alpha value is -1.63. The lowest BCUT2D eigenvalue weighted by Gasteiger charge is -2.07. The second-order valence-electron chi connectivity index (χ2n) is 3.25. The Labute approximate surface area is 92.6 Å². The van der Waals surface area contributed by atoms with Crippen LogP contribution in [-0.4, -0.2) is 25.6 Å². The smallest absolute Gasteiger partial charge is 0.229 e. The molecule has 1 aromatic carbocycles. The van der Waals surface area contributed by atoms with Crippen molar-refractivity contribution in [2.45, 2.75) is 6.92 Å². The molecule has 0 bridgehead atoms. The summed E-state index contributed by atoms with van der Waals surface area (Å²) in [6.07, 6.45) is 0.923. The van der Waals surface area contributed by atoms with E-state index in [1.54, 1.807) is 0 Å². The summed E-state index contributed by atoms with van der Waals surface area (Å²) >= 11 is 0. The van der Waals surface area contributed by atoms with Crippen molar-refractivity contribution in [2.75, 3.05) is 11.0 Å². The minimum absolute atomic E-state index is 0.178. The highest BCUT2D eigenvalue weighted by molar-refractivity contribution is 7.92. The average molecular weight is 246 g/mol. The molecule has 0 aromatic heterocycles. The normalized spacial score (nSPS) is 12.6. The Morgan fingerprint density at radius 2 is 2.12 bits per heavy atom. The van der Waals surface area contributed by atoms with Gasteiger partial charge in [0.2, 0.25) is 10.0 Å². The fraction of sp³-hybridized carbons (Fsp3) is 0.222. The van der Waals surface area contributed by atoms with E-state index in [2.05, 4.69) is 5.16 Å². The molecule has 88 valence electrons. The lowest BCUT2D eigenvalue weighted by molar-refractivity contribution is 0.319. The summed E-state index contributed by atoms with van der Waals surface area (Å²) in [5.41, 5.74) is 0.509. The maximum absolute atomic E-state index is 13.2. The van der Waals surface area contributed by atoms with E-state index in [1.165, 1.54) is 19.1 Å². The zero-order valence-corrected chi connectivity index (χ0v) is 9.55. The van der Waals surface area contributed by atoms with Gasteiger partial charge in [-0.3, -0.25) is 4.72 Å². The lowest BCUT2D eigenvalue weighted by atomic mass is 10.1. The van der Waals surface area contributed by atoms with E-state index in [1.807, 2.05) is 4.72 Å². The summed E-state index contributed by atoms with van der Waals surface area (Å²) < 4.78 is 37.2. The van der Waals surface area contributed by atoms with Gasteiger partial charge in [-0.1, -0.05) is 5.16 Å². The largest absolute Gasteiger partial charge is 0.411 e. The van der Waals surface area contributed by atoms with Gasteiger partial charge in [0.1, 0.15) is 5.82 Å². The second kappa shape index (κ2) is 4.48. The van der Waals surface area contributed by atoms with Gasteiger partial charge in [-0.25, -0.2) is 12.8 Å². The van der Waals surface area contributed by atoms with E-state index in [-0.39, 0.29) is 11.4 Å². The van der Waals surface area contributed by atoms with Crippen molar-refractivity contribution in [3.63, 3.8) is 0 Å². The van der Waals surface area contributed by atoms with Gasteiger partial charge in [-0.2, -0.15) is 0 Å². The standard InChI is InChI=1S/C9H11FN2O3S/c1-6(11-13)7-3-4-8(10)9(5-7)12-16(2,14)15/h3-5,12-13H,1-2H3/b11-6-. The molecule has 0 radical (unpaired) electrons. The average Bonchev–Trinajstić information content (AvgIpc) is 2.18. The second-order valence-corrected chi connectivity index (χ2v) is 5.00. The van der Waals surface area contributed by atoms with Crippen molar-refractivity contribution in [2.24, 2.45) is 5.16 Å². The van der Waals surface area contributed by atoms with Gasteiger partial charge in [0.15, 0.2) is 0 Å². The Bertz CT molecular complexity index is 526. The number of halogens is 1. The summed E-state index contributed by atoms with van der Waals surface area (Å²) in [7, 11) is -3.54. The fourth-order valence-corrected chi connectivity index (χ4v) is 1.64. The van der Waals surface area contributed by atoms with Crippen molar-refractivity contribution in [3.8, 4) is 0 Å². The van der Waals surface area contributed by atoms with Crippen LogP contribution in [0.3, 0.4) is 0 Å². The zero-order chi connectivity index (χ0) is 12.3. The number of sulfonamides is 1. The fourth-order valence-electron chi connectivity index (χ4n) is 1.09. The Balaban J connectivity index is 3.19. The Morgan fingerprint density at radius 3 is 2.62 bits per heavy atom. The Morgan fingerprint density at radius 1 is 1.50 bits per heavy atom. The third-order valence-electron chi connectivity index (χ3n) is 1.83. The van der Waals surface area contributed by atoms with E-state index in [9.17, 15) is 12.8 Å². The van der Waals surface area contributed by atoms with E-state index in [0.717, 1.165) is 12.3 Å². The number of nitrogens with one attached hydrogen (secondary N) is 1. The maximum atomic E-state index is 13.2. The number of benzene rings is 1. The van der Waals surface area contributed by atoms with E-state index in [4.69, 9.17) is 5.21 Å². The topological polar surface area (TPSA) is 78.8 Å². The molecule has 0 heterocycles. The molecule has 0 aliphatic heterocycles. The minimum Gasteiger partial charge on any atom is -0.411 e. The van der Waals surface area contributed by atoms with E-state index in [0.29, 0.717) is 5.56 Å². The molecule has 0 spiro atoms. The van der Waals surface area contributed by atoms with Crippen LogP contribution in [0.15, 0.2) is 23.4 Å². The van der Waals surface area contributed by atoms with Crippen molar-refractivity contribution in [1.29, 1.82) is 0 Å². The predicted molar refractivity (Wildman–Crippen MR) is 58.9 cm³/mol. The predicted octanol–water partition coefficient (Wildman–Crippen LogP) is 1.40. The van der Waals surface area contributed by atoms with Crippen LogP contribution >= 0.6 is 0 Å². The van der Waals surface area contributed by atoms with E-state index >= 15 is 0 Å². The maximum Gasteiger partial charge on any atom is 0.229 e. The van der Waals surface area contributed by atoms with Crippen LogP contribution in [0.1, 0.15) is 12.5 Å². The molecule has 2 N–H and O–H groups in total. The van der Waals surface area contributed by atoms with Crippen molar-refractivity contribution >= 4 is 21.4 Å². The number of oxime groups is 1. The SMILES string of the molecule is C/C(=N/O)c1ccc(F)c(NS(C)(=O)=O)c1. The van der Waals surface area contributed by atoms with Crippen LogP contribution in [0.4, 0.5) is 10.1 Å². The summed E-state index contributed by atoms with van der Waals surface area (Å²) in [5, 5.41) is 11.5. The number of anilines is 1. The monoisotopic (exact) mass is 246 g/mol. The highest BCUT2D eigenvalue weighted by atomic mass is 32.2. The molecule has 0 aliphatic carbocycles. The molecular weight excluding hydrogens is 235 g/mol. The van der Waals surface area contributed by atoms with Gasteiger partial charge in [0.05, 0.1) is 17.7 Å². The number of rotatable bonds is 3. The Kier molecular flexibility index (Phi) is 3.48. The summed E-state index contributed by atoms with van der Waals surface area (Å²) in [6, 6.07) is 3.74. The molecule has 0 saturated heterocycles. The molecule has 0 unspecified atom stereocenters. The molecule has 0 saturated carbocycles. The van der Waals surface area contributed by atoms with Crippen molar-refractivity contribution in [3.05, 3.63) is 29.6 Å². The van der Waals surface area contributed by atoms with Gasteiger partial charge >= 0.3 is 0 Å². The first-order chi connectivity index (χ1) is 7.33. The molecule has 1 aromatic rings. The number of hydrogen-bond donors (Lipinski definition) is 2. The molecule has 0 fully saturated rings. The summed E-state index contributed by atoms with van der Waals surface area (Å²) in [5.74, 6) is -0.695. The van der Waals surface area contributed by atoms with Crippen LogP contribution in [-0.2, 0) is 10.0 Å². The first-order valence-corrected chi connectivity index (χ1v) is 6.19. The van der Waals surface area contributed by atoms with Gasteiger partial charge in [-0.15, -0.1) is 0 Å². The van der Waals surface area contributed by atoms with Crippen LogP contribution in [0, 0.1) is 5.82 Å². The van der Waals surface area contributed by atoms with Crippen LogP contribution in [0.5, 0.6) is 0 Å². The van der Waals surface area contributed by atoms with Gasteiger partial charge in [0.25, 0.3) is 0 Å². The molecule has 0 aliphatic rings. The van der Waals surface area contributed by atoms with Crippen molar-refractivity contribution < 1.29 is 18.0 Å². The molecule has 7 heteroatoms. The molecule has 1 rings (SSSR count). The molecule has 0 amide bonds. The molecular formula is C9H11FN2O3S. The third kappa shape index (κ3) is 3.20. The van der Waals surface area contributed by atoms with Gasteiger partial charge < -0.3 is 5.21 Å². The van der Waals surface area contributed by atoms with Crippen LogP contribution < -0.4 is 4.72 Å². The van der Waals surface area contributed by atoms with Crippen LogP contribution in [0.25, 0.3) is 0 Å². The van der Waals surface area contributed by atoms with Gasteiger partial charge in [-0.05, 0) is 25.1 Å². The lowest BCUT2D eigenvalue weighted by Crippen LogP contribution is -2.11. The highest BCUT2D eigenvalue weighted by Crippen LogP contribution is 2.17. The van der Waals surface area contributed by atoms with E-state index < -0.39 is 15.8 Å². The molecule has 5 nitrogen and oxygen atoms in total. The van der Waals surface area contributed by atoms with Crippen LogP contribution in [0.2, 0.25) is 0 Å². The zero-order valence-electron chi connectivity index (χ0n) is 8.73. The van der Waals surface area contributed by atoms with Crippen molar-refractivity contribution in [1.82, 2.24) is 0 Å². The molecule has 0 atom stereocenters. The quantitative estimate of drug-likeness (QED) is 0.480. The van der Waals surface area contributed by atoms with Gasteiger partial charge in [0, 0.05) is 5.56 Å². The first kappa shape index (κ1) is 12.4. The minimum atomic E-state index is -3.54. The number of hydrogen-bond acceptors (Lipinski definition) is 4. The highest BCUT2D eigenvalue weighted by Gasteiger charge is 2.09. The summed E-state index contributed by atoms with van der Waals surface area (Å²) in [6.45, 7) is 1.51. The summed E-state index contributed by atoms with van der Waals surface area (Å²) in [4.78, 5) is 0. The first-order valence-electron chi connectivity index (χ1n) is 4.30. The number of nitrogens with zero attached hydrogens (tertiary/aromatic N) is 1. The molecule has 16 heavy (non-hydrogen) atoms.